The normalized spacial score (nSPS) is 12.8. The molecule has 0 spiro atoms. The smallest absolute Gasteiger partial charge is 0.306 e. The SMILES string of the molecule is CC/C=C\C/C=C\C/C=C\C/C=C\C/C=C\C/C=C\C/C=C\C/C=C\CCCCCCCCCCCCC(=O)OCC(COC(=O)CCCCCCCCC)OC(=O)CCCCCCCCCCCCC. The van der Waals surface area contributed by atoms with Gasteiger partial charge in [-0.3, -0.25) is 14.4 Å². The van der Waals surface area contributed by atoms with Crippen LogP contribution in [0.15, 0.2) is 97.2 Å². The number of hydrogen-bond donors (Lipinski definition) is 0. The van der Waals surface area contributed by atoms with E-state index in [0.717, 1.165) is 109 Å². The van der Waals surface area contributed by atoms with Crippen molar-refractivity contribution >= 4 is 17.9 Å². The zero-order valence-corrected chi connectivity index (χ0v) is 46.5. The topological polar surface area (TPSA) is 78.9 Å². The first kappa shape index (κ1) is 67.3. The number of esters is 3. The molecule has 0 saturated carbocycles. The van der Waals surface area contributed by atoms with Crippen molar-refractivity contribution in [2.75, 3.05) is 13.2 Å². The number of hydrogen-bond acceptors (Lipinski definition) is 6. The molecule has 0 aromatic carbocycles. The summed E-state index contributed by atoms with van der Waals surface area (Å²) in [4.78, 5) is 37.8. The summed E-state index contributed by atoms with van der Waals surface area (Å²) in [7, 11) is 0. The van der Waals surface area contributed by atoms with E-state index in [1.54, 1.807) is 0 Å². The molecule has 0 bridgehead atoms. The molecule has 0 heterocycles. The second-order valence-electron chi connectivity index (χ2n) is 19.5. The van der Waals surface area contributed by atoms with E-state index < -0.39 is 6.10 Å². The van der Waals surface area contributed by atoms with Gasteiger partial charge in [0.1, 0.15) is 13.2 Å². The Kier molecular flexibility index (Phi) is 55.9. The van der Waals surface area contributed by atoms with Crippen LogP contribution in [-0.2, 0) is 28.6 Å². The first-order valence-corrected chi connectivity index (χ1v) is 29.7. The highest BCUT2D eigenvalue weighted by molar-refractivity contribution is 5.71. The highest BCUT2D eigenvalue weighted by Gasteiger charge is 2.19. The molecule has 1 atom stereocenters. The number of unbranched alkanes of at least 4 members (excludes halogenated alkanes) is 26. The first-order chi connectivity index (χ1) is 35.0. The summed E-state index contributed by atoms with van der Waals surface area (Å²) in [5, 5.41) is 0. The minimum absolute atomic E-state index is 0.0746. The van der Waals surface area contributed by atoms with E-state index in [9.17, 15) is 14.4 Å². The fourth-order valence-corrected chi connectivity index (χ4v) is 8.16. The van der Waals surface area contributed by atoms with E-state index in [1.165, 1.54) is 128 Å². The van der Waals surface area contributed by atoms with Crippen LogP contribution in [0.1, 0.15) is 278 Å². The molecule has 0 aliphatic rings. The third kappa shape index (κ3) is 57.1. The molecule has 0 aliphatic carbocycles. The van der Waals surface area contributed by atoms with Gasteiger partial charge in [-0.15, -0.1) is 0 Å². The zero-order chi connectivity index (χ0) is 51.4. The van der Waals surface area contributed by atoms with Gasteiger partial charge in [0.15, 0.2) is 6.10 Å². The highest BCUT2D eigenvalue weighted by Crippen LogP contribution is 2.15. The van der Waals surface area contributed by atoms with Crippen LogP contribution in [0, 0.1) is 0 Å². The molecule has 1 unspecified atom stereocenters. The fourth-order valence-electron chi connectivity index (χ4n) is 8.16. The second kappa shape index (κ2) is 58.9. The van der Waals surface area contributed by atoms with Crippen LogP contribution < -0.4 is 0 Å². The molecule has 6 nitrogen and oxygen atoms in total. The van der Waals surface area contributed by atoms with Gasteiger partial charge in [0.05, 0.1) is 0 Å². The minimum Gasteiger partial charge on any atom is -0.462 e. The van der Waals surface area contributed by atoms with Crippen molar-refractivity contribution in [3.63, 3.8) is 0 Å². The van der Waals surface area contributed by atoms with Crippen molar-refractivity contribution in [2.45, 2.75) is 284 Å². The molecule has 6 heteroatoms. The molecule has 71 heavy (non-hydrogen) atoms. The van der Waals surface area contributed by atoms with E-state index >= 15 is 0 Å². The predicted octanol–water partition coefficient (Wildman–Crippen LogP) is 20.1. The van der Waals surface area contributed by atoms with Gasteiger partial charge >= 0.3 is 17.9 Å². The van der Waals surface area contributed by atoms with E-state index in [0.29, 0.717) is 19.3 Å². The van der Waals surface area contributed by atoms with Crippen molar-refractivity contribution in [3.8, 4) is 0 Å². The maximum Gasteiger partial charge on any atom is 0.306 e. The summed E-state index contributed by atoms with van der Waals surface area (Å²) in [6.07, 6.45) is 78.7. The maximum absolute atomic E-state index is 12.7. The Balaban J connectivity index is 4.03. The van der Waals surface area contributed by atoms with Crippen LogP contribution >= 0.6 is 0 Å². The van der Waals surface area contributed by atoms with E-state index in [1.807, 2.05) is 0 Å². The van der Waals surface area contributed by atoms with Gasteiger partial charge < -0.3 is 14.2 Å². The van der Waals surface area contributed by atoms with Crippen molar-refractivity contribution in [1.82, 2.24) is 0 Å². The average molecular weight is 988 g/mol. The fraction of sp³-hybridized carbons (Fsp3) is 0.708. The molecule has 0 aliphatic heterocycles. The summed E-state index contributed by atoms with van der Waals surface area (Å²) in [6.45, 7) is 6.48. The molecule has 0 amide bonds. The first-order valence-electron chi connectivity index (χ1n) is 29.7. The Bertz CT molecular complexity index is 1410. The lowest BCUT2D eigenvalue weighted by Gasteiger charge is -2.18. The number of carbonyl (C=O) groups excluding carboxylic acids is 3. The van der Waals surface area contributed by atoms with Gasteiger partial charge in [-0.2, -0.15) is 0 Å². The zero-order valence-electron chi connectivity index (χ0n) is 46.5. The quantitative estimate of drug-likeness (QED) is 0.0261. The summed E-state index contributed by atoms with van der Waals surface area (Å²) in [5.74, 6) is -0.883. The molecular weight excluding hydrogens is 877 g/mol. The summed E-state index contributed by atoms with van der Waals surface area (Å²) in [5.41, 5.74) is 0. The lowest BCUT2D eigenvalue weighted by atomic mass is 10.1. The van der Waals surface area contributed by atoms with Crippen molar-refractivity contribution in [1.29, 1.82) is 0 Å². The van der Waals surface area contributed by atoms with Crippen LogP contribution in [0.5, 0.6) is 0 Å². The predicted molar refractivity (Wildman–Crippen MR) is 307 cm³/mol. The van der Waals surface area contributed by atoms with E-state index in [4.69, 9.17) is 14.2 Å². The number of allylic oxidation sites excluding steroid dienone is 16. The molecule has 0 fully saturated rings. The summed E-state index contributed by atoms with van der Waals surface area (Å²) >= 11 is 0. The monoisotopic (exact) mass is 987 g/mol. The molecule has 0 N–H and O–H groups in total. The number of carbonyl (C=O) groups is 3. The molecule has 0 aromatic heterocycles. The van der Waals surface area contributed by atoms with Crippen LogP contribution in [-0.4, -0.2) is 37.2 Å². The van der Waals surface area contributed by atoms with Crippen molar-refractivity contribution < 1.29 is 28.6 Å². The van der Waals surface area contributed by atoms with Crippen molar-refractivity contribution in [2.24, 2.45) is 0 Å². The third-order valence-electron chi connectivity index (χ3n) is 12.6. The Hall–Kier alpha value is -3.67. The summed E-state index contributed by atoms with van der Waals surface area (Å²) in [6, 6.07) is 0. The lowest BCUT2D eigenvalue weighted by Crippen LogP contribution is -2.30. The van der Waals surface area contributed by atoms with Gasteiger partial charge in [-0.25, -0.2) is 0 Å². The number of rotatable bonds is 53. The standard InChI is InChI=1S/C65H110O6/c1-4-7-10-13-16-18-20-21-22-23-24-25-26-27-28-29-30-31-32-33-34-35-36-37-38-39-40-41-42-43-45-46-49-52-55-58-64(67)70-61-62(60-69-63(66)57-54-51-48-15-12-9-6-3)71-65(68)59-56-53-50-47-44-19-17-14-11-8-5-2/h7,10,16,18,21-22,24-25,27-28,30-31,33-34,36-37,62H,4-6,8-9,11-15,17,19-20,23,26,29,32,35,38-61H2,1-3H3/b10-7-,18-16-,22-21-,25-24-,28-27-,31-30-,34-33-,37-36-. The maximum atomic E-state index is 12.7. The van der Waals surface area contributed by atoms with E-state index in [-0.39, 0.29) is 31.1 Å². The van der Waals surface area contributed by atoms with Gasteiger partial charge in [0, 0.05) is 19.3 Å². The molecule has 406 valence electrons. The molecular formula is C65H110O6. The highest BCUT2D eigenvalue weighted by atomic mass is 16.6. The van der Waals surface area contributed by atoms with Crippen LogP contribution in [0.3, 0.4) is 0 Å². The van der Waals surface area contributed by atoms with Crippen LogP contribution in [0.2, 0.25) is 0 Å². The Morgan fingerprint density at radius 1 is 0.296 bits per heavy atom. The average Bonchev–Trinajstić information content (AvgIpc) is 3.37. The molecule has 0 saturated heterocycles. The molecule has 0 aromatic rings. The van der Waals surface area contributed by atoms with Crippen molar-refractivity contribution in [3.05, 3.63) is 97.2 Å². The largest absolute Gasteiger partial charge is 0.462 e. The Labute approximate surface area is 438 Å². The molecule has 0 rings (SSSR count). The Morgan fingerprint density at radius 3 is 0.859 bits per heavy atom. The second-order valence-corrected chi connectivity index (χ2v) is 19.5. The number of ether oxygens (including phenoxy) is 3. The van der Waals surface area contributed by atoms with Gasteiger partial charge in [-0.1, -0.05) is 272 Å². The molecule has 0 radical (unpaired) electrons. The van der Waals surface area contributed by atoms with Gasteiger partial charge in [-0.05, 0) is 83.5 Å². The van der Waals surface area contributed by atoms with Crippen LogP contribution in [0.4, 0.5) is 0 Å². The van der Waals surface area contributed by atoms with Crippen LogP contribution in [0.25, 0.3) is 0 Å². The summed E-state index contributed by atoms with van der Waals surface area (Å²) < 4.78 is 16.7. The Morgan fingerprint density at radius 2 is 0.549 bits per heavy atom. The minimum atomic E-state index is -0.772. The van der Waals surface area contributed by atoms with Gasteiger partial charge in [0.2, 0.25) is 0 Å². The third-order valence-corrected chi connectivity index (χ3v) is 12.6. The van der Waals surface area contributed by atoms with Gasteiger partial charge in [0.25, 0.3) is 0 Å². The van der Waals surface area contributed by atoms with E-state index in [2.05, 4.69) is 118 Å². The lowest BCUT2D eigenvalue weighted by molar-refractivity contribution is -0.167.